The number of carboxylic acid groups (broad SMARTS) is 1. The summed E-state index contributed by atoms with van der Waals surface area (Å²) in [5.74, 6) is -1.78. The predicted octanol–water partition coefficient (Wildman–Crippen LogP) is 0.620. The number of hydrogen-bond acceptors (Lipinski definition) is 3. The van der Waals surface area contributed by atoms with Crippen LogP contribution >= 0.6 is 0 Å². The minimum Gasteiger partial charge on any atom is -0.480 e. The van der Waals surface area contributed by atoms with Gasteiger partial charge in [0.05, 0.1) is 0 Å². The van der Waals surface area contributed by atoms with E-state index in [1.807, 2.05) is 12.1 Å². The summed E-state index contributed by atoms with van der Waals surface area (Å²) in [6.45, 7) is 3.34. The van der Waals surface area contributed by atoms with Crippen molar-refractivity contribution in [1.82, 2.24) is 10.2 Å². The molecule has 0 aromatic heterocycles. The molecule has 1 heterocycles. The summed E-state index contributed by atoms with van der Waals surface area (Å²) in [6.07, 6.45) is 0. The normalized spacial score (nSPS) is 16.5. The van der Waals surface area contributed by atoms with Crippen molar-refractivity contribution in [3.05, 3.63) is 35.4 Å². The molecule has 0 saturated carbocycles. The molecule has 0 spiro atoms. The Morgan fingerprint density at radius 2 is 1.95 bits per heavy atom. The van der Waals surface area contributed by atoms with Crippen molar-refractivity contribution in [2.75, 3.05) is 0 Å². The van der Waals surface area contributed by atoms with Gasteiger partial charge in [0.1, 0.15) is 12.1 Å². The number of carbonyl (C=O) groups excluding carboxylic acids is 2. The van der Waals surface area contributed by atoms with E-state index in [0.717, 1.165) is 5.56 Å². The topological polar surface area (TPSA) is 86.7 Å². The highest BCUT2D eigenvalue weighted by Crippen LogP contribution is 2.24. The van der Waals surface area contributed by atoms with Crippen molar-refractivity contribution in [3.8, 4) is 0 Å². The maximum Gasteiger partial charge on any atom is 0.325 e. The molecule has 2 atom stereocenters. The molecule has 2 N–H and O–H groups in total. The SMILES string of the molecule is C[C@H](C(=O)N[C@H](C)C(=O)O)N1Cc2ccccc2C1=O. The van der Waals surface area contributed by atoms with Crippen LogP contribution in [0.5, 0.6) is 0 Å². The standard InChI is InChI=1S/C14H16N2O4/c1-8(14(19)20)15-12(17)9(2)16-7-10-5-3-4-6-11(10)13(16)18/h3-6,8-9H,7H2,1-2H3,(H,15,17)(H,19,20)/t8-,9-/m1/s1. The van der Waals surface area contributed by atoms with Crippen LogP contribution in [-0.4, -0.2) is 39.9 Å². The van der Waals surface area contributed by atoms with Gasteiger partial charge in [0.2, 0.25) is 5.91 Å². The minimum atomic E-state index is -1.11. The Morgan fingerprint density at radius 3 is 2.55 bits per heavy atom. The minimum absolute atomic E-state index is 0.203. The van der Waals surface area contributed by atoms with E-state index in [4.69, 9.17) is 5.11 Å². The number of carboxylic acids is 1. The van der Waals surface area contributed by atoms with Gasteiger partial charge in [-0.2, -0.15) is 0 Å². The zero-order valence-electron chi connectivity index (χ0n) is 11.3. The Bertz CT molecular complexity index is 570. The van der Waals surface area contributed by atoms with Crippen molar-refractivity contribution < 1.29 is 19.5 Å². The Balaban J connectivity index is 2.08. The average Bonchev–Trinajstić information content (AvgIpc) is 2.75. The molecule has 1 aliphatic rings. The maximum atomic E-state index is 12.2. The average molecular weight is 276 g/mol. The lowest BCUT2D eigenvalue weighted by atomic mass is 10.1. The molecule has 0 aliphatic carbocycles. The molecule has 1 aromatic rings. The number of amides is 2. The van der Waals surface area contributed by atoms with Gasteiger partial charge in [-0.1, -0.05) is 18.2 Å². The number of rotatable bonds is 4. The van der Waals surface area contributed by atoms with E-state index in [1.54, 1.807) is 19.1 Å². The van der Waals surface area contributed by atoms with Crippen LogP contribution < -0.4 is 5.32 Å². The number of nitrogens with one attached hydrogen (secondary N) is 1. The summed E-state index contributed by atoms with van der Waals surface area (Å²) in [5.41, 5.74) is 1.47. The molecule has 0 bridgehead atoms. The number of nitrogens with zero attached hydrogens (tertiary/aromatic N) is 1. The molecule has 0 radical (unpaired) electrons. The van der Waals surface area contributed by atoms with Crippen LogP contribution in [0.2, 0.25) is 0 Å². The zero-order valence-corrected chi connectivity index (χ0v) is 11.3. The second-order valence-electron chi connectivity index (χ2n) is 4.83. The van der Waals surface area contributed by atoms with E-state index >= 15 is 0 Å². The molecule has 1 aliphatic heterocycles. The van der Waals surface area contributed by atoms with E-state index < -0.39 is 24.0 Å². The Kier molecular flexibility index (Phi) is 3.74. The molecule has 2 rings (SSSR count). The van der Waals surface area contributed by atoms with Crippen molar-refractivity contribution in [2.24, 2.45) is 0 Å². The van der Waals surface area contributed by atoms with Crippen LogP contribution in [-0.2, 0) is 16.1 Å². The predicted molar refractivity (Wildman–Crippen MR) is 71.0 cm³/mol. The monoisotopic (exact) mass is 276 g/mol. The first-order valence-electron chi connectivity index (χ1n) is 6.34. The first-order valence-corrected chi connectivity index (χ1v) is 6.34. The Hall–Kier alpha value is -2.37. The van der Waals surface area contributed by atoms with Gasteiger partial charge in [0, 0.05) is 12.1 Å². The van der Waals surface area contributed by atoms with Crippen LogP contribution in [0.25, 0.3) is 0 Å². The van der Waals surface area contributed by atoms with Crippen molar-refractivity contribution >= 4 is 17.8 Å². The third-order valence-electron chi connectivity index (χ3n) is 3.43. The summed E-state index contributed by atoms with van der Waals surface area (Å²) in [5, 5.41) is 11.1. The molecule has 6 nitrogen and oxygen atoms in total. The van der Waals surface area contributed by atoms with Crippen molar-refractivity contribution in [1.29, 1.82) is 0 Å². The highest BCUT2D eigenvalue weighted by atomic mass is 16.4. The number of carbonyl (C=O) groups is 3. The van der Waals surface area contributed by atoms with Gasteiger partial charge in [-0.15, -0.1) is 0 Å². The molecule has 0 unspecified atom stereocenters. The summed E-state index contributed by atoms with van der Waals surface area (Å²) in [4.78, 5) is 36.3. The van der Waals surface area contributed by atoms with Crippen molar-refractivity contribution in [2.45, 2.75) is 32.5 Å². The lowest BCUT2D eigenvalue weighted by Crippen LogP contribution is -2.49. The van der Waals surface area contributed by atoms with Crippen LogP contribution in [0.3, 0.4) is 0 Å². The number of hydrogen-bond donors (Lipinski definition) is 2. The summed E-state index contributed by atoms with van der Waals surface area (Å²) < 4.78 is 0. The highest BCUT2D eigenvalue weighted by Gasteiger charge is 2.34. The van der Waals surface area contributed by atoms with Gasteiger partial charge in [0.25, 0.3) is 5.91 Å². The first-order chi connectivity index (χ1) is 9.41. The summed E-state index contributed by atoms with van der Waals surface area (Å²) in [6, 6.07) is 5.49. The number of benzene rings is 1. The highest BCUT2D eigenvalue weighted by molar-refractivity contribution is 6.01. The number of fused-ring (bicyclic) bond motifs is 1. The zero-order chi connectivity index (χ0) is 14.9. The van der Waals surface area contributed by atoms with Gasteiger partial charge in [-0.25, -0.2) is 0 Å². The van der Waals surface area contributed by atoms with E-state index in [-0.39, 0.29) is 5.91 Å². The maximum absolute atomic E-state index is 12.2. The molecule has 6 heteroatoms. The lowest BCUT2D eigenvalue weighted by Gasteiger charge is -2.24. The van der Waals surface area contributed by atoms with Crippen LogP contribution in [0.4, 0.5) is 0 Å². The molecule has 0 saturated heterocycles. The van der Waals surface area contributed by atoms with E-state index in [2.05, 4.69) is 5.32 Å². The van der Waals surface area contributed by atoms with Gasteiger partial charge < -0.3 is 15.3 Å². The third kappa shape index (κ3) is 2.49. The molecule has 0 fully saturated rings. The van der Waals surface area contributed by atoms with Gasteiger partial charge in [0.15, 0.2) is 0 Å². The molecular formula is C14H16N2O4. The van der Waals surface area contributed by atoms with E-state index in [9.17, 15) is 14.4 Å². The Morgan fingerprint density at radius 1 is 1.30 bits per heavy atom. The van der Waals surface area contributed by atoms with Gasteiger partial charge >= 0.3 is 5.97 Å². The van der Waals surface area contributed by atoms with Crippen LogP contribution in [0.1, 0.15) is 29.8 Å². The largest absolute Gasteiger partial charge is 0.480 e. The molecule has 20 heavy (non-hydrogen) atoms. The van der Waals surface area contributed by atoms with Crippen LogP contribution in [0, 0.1) is 0 Å². The smallest absolute Gasteiger partial charge is 0.325 e. The fraction of sp³-hybridized carbons (Fsp3) is 0.357. The fourth-order valence-electron chi connectivity index (χ4n) is 2.13. The summed E-state index contributed by atoms with van der Waals surface area (Å²) in [7, 11) is 0. The van der Waals surface area contributed by atoms with E-state index in [1.165, 1.54) is 11.8 Å². The third-order valence-corrected chi connectivity index (χ3v) is 3.43. The van der Waals surface area contributed by atoms with Gasteiger partial charge in [-0.3, -0.25) is 14.4 Å². The quantitative estimate of drug-likeness (QED) is 0.844. The van der Waals surface area contributed by atoms with Crippen LogP contribution in [0.15, 0.2) is 24.3 Å². The lowest BCUT2D eigenvalue weighted by molar-refractivity contribution is -0.141. The fourth-order valence-corrected chi connectivity index (χ4v) is 2.13. The number of aliphatic carboxylic acids is 1. The molecule has 2 amide bonds. The van der Waals surface area contributed by atoms with Gasteiger partial charge in [-0.05, 0) is 25.5 Å². The van der Waals surface area contributed by atoms with Crippen molar-refractivity contribution in [3.63, 3.8) is 0 Å². The second kappa shape index (κ2) is 5.32. The summed E-state index contributed by atoms with van der Waals surface area (Å²) >= 11 is 0. The van der Waals surface area contributed by atoms with E-state index in [0.29, 0.717) is 12.1 Å². The molecule has 1 aromatic carbocycles. The molecule has 106 valence electrons. The first kappa shape index (κ1) is 14.0. The Labute approximate surface area is 116 Å². The molecular weight excluding hydrogens is 260 g/mol. The second-order valence-corrected chi connectivity index (χ2v) is 4.83.